The summed E-state index contributed by atoms with van der Waals surface area (Å²) in [5.74, 6) is -0.917. The molecule has 0 aliphatic carbocycles. The van der Waals surface area contributed by atoms with Gasteiger partial charge < -0.3 is 14.7 Å². The predicted molar refractivity (Wildman–Crippen MR) is 125 cm³/mol. The number of nitrogens with zero attached hydrogens (tertiary/aromatic N) is 2. The highest BCUT2D eigenvalue weighted by Crippen LogP contribution is 2.32. The average Bonchev–Trinajstić information content (AvgIpc) is 2.97. The molecular formula is C25H23N3O6. The molecule has 1 aliphatic heterocycles. The van der Waals surface area contributed by atoms with Crippen LogP contribution in [0.25, 0.3) is 0 Å². The largest absolute Gasteiger partial charge is 0.489 e. The first-order valence-electron chi connectivity index (χ1n) is 10.7. The lowest BCUT2D eigenvalue weighted by molar-refractivity contribution is -0.384. The molecule has 0 spiro atoms. The fourth-order valence-corrected chi connectivity index (χ4v) is 3.85. The number of aliphatic carboxylic acids is 1. The lowest BCUT2D eigenvalue weighted by Gasteiger charge is -2.26. The molecule has 1 aliphatic rings. The summed E-state index contributed by atoms with van der Waals surface area (Å²) in [6.45, 7) is 0.108. The number of amides is 1. The Kier molecular flexibility index (Phi) is 6.84. The van der Waals surface area contributed by atoms with Gasteiger partial charge in [-0.15, -0.1) is 0 Å². The summed E-state index contributed by atoms with van der Waals surface area (Å²) >= 11 is 0. The number of rotatable bonds is 8. The van der Waals surface area contributed by atoms with Crippen LogP contribution in [0.15, 0.2) is 78.9 Å². The second-order valence-electron chi connectivity index (χ2n) is 7.93. The minimum absolute atomic E-state index is 0.0365. The molecule has 174 valence electrons. The molecule has 9 heteroatoms. The molecule has 0 radical (unpaired) electrons. The Morgan fingerprint density at radius 3 is 2.41 bits per heavy atom. The van der Waals surface area contributed by atoms with Crippen LogP contribution < -0.4 is 15.0 Å². The number of carboxylic acid groups (broad SMARTS) is 1. The molecule has 1 unspecified atom stereocenters. The quantitative estimate of drug-likeness (QED) is 0.390. The topological polar surface area (TPSA) is 122 Å². The zero-order valence-corrected chi connectivity index (χ0v) is 18.2. The molecule has 34 heavy (non-hydrogen) atoms. The minimum atomic E-state index is -1.07. The fraction of sp³-hybridized carbons (Fsp3) is 0.200. The van der Waals surface area contributed by atoms with Gasteiger partial charge in [-0.1, -0.05) is 54.6 Å². The normalized spacial score (nSPS) is 16.2. The van der Waals surface area contributed by atoms with E-state index < -0.39 is 23.0 Å². The van der Waals surface area contributed by atoms with Gasteiger partial charge in [0.2, 0.25) is 5.91 Å². The van der Waals surface area contributed by atoms with Crippen molar-refractivity contribution in [3.63, 3.8) is 0 Å². The molecule has 0 saturated carbocycles. The molecule has 4 rings (SSSR count). The molecule has 3 aromatic rings. The van der Waals surface area contributed by atoms with Crippen LogP contribution in [0.2, 0.25) is 0 Å². The first kappa shape index (κ1) is 22.9. The molecule has 9 nitrogen and oxygen atoms in total. The predicted octanol–water partition coefficient (Wildman–Crippen LogP) is 3.17. The van der Waals surface area contributed by atoms with Crippen LogP contribution in [0, 0.1) is 10.1 Å². The summed E-state index contributed by atoms with van der Waals surface area (Å²) in [6, 6.07) is 20.3. The van der Waals surface area contributed by atoms with Gasteiger partial charge in [-0.05, 0) is 29.7 Å². The number of hydrogen-bond donors (Lipinski definition) is 2. The van der Waals surface area contributed by atoms with E-state index in [0.29, 0.717) is 17.0 Å². The molecule has 0 fully saturated rings. The van der Waals surface area contributed by atoms with Crippen molar-refractivity contribution in [1.29, 1.82) is 0 Å². The second-order valence-corrected chi connectivity index (χ2v) is 7.93. The van der Waals surface area contributed by atoms with Crippen LogP contribution in [0.4, 0.5) is 11.4 Å². The highest BCUT2D eigenvalue weighted by atomic mass is 16.6. The van der Waals surface area contributed by atoms with Gasteiger partial charge in [0.1, 0.15) is 24.4 Å². The van der Waals surface area contributed by atoms with Crippen molar-refractivity contribution in [1.82, 2.24) is 5.32 Å². The Morgan fingerprint density at radius 1 is 1.06 bits per heavy atom. The highest BCUT2D eigenvalue weighted by Gasteiger charge is 2.34. The van der Waals surface area contributed by atoms with Crippen LogP contribution in [-0.2, 0) is 22.6 Å². The molecular weight excluding hydrogens is 438 g/mol. The first-order valence-corrected chi connectivity index (χ1v) is 10.7. The van der Waals surface area contributed by atoms with Gasteiger partial charge in [-0.2, -0.15) is 0 Å². The number of hydrogen-bond acceptors (Lipinski definition) is 6. The standard InChI is InChI=1S/C25H23N3O6/c29-24-21(26-20(25(30)31)14-17-6-2-1-3-7-17)16-34-23-9-5-4-8-22(23)27(24)15-18-10-12-19(13-11-18)28(32)33/h1-13,20-21,26H,14-16H2,(H,30,31)/t20-,21?/m0/s1. The summed E-state index contributed by atoms with van der Waals surface area (Å²) in [5.41, 5.74) is 2.02. The van der Waals surface area contributed by atoms with E-state index in [-0.39, 0.29) is 31.2 Å². The van der Waals surface area contributed by atoms with Gasteiger partial charge in [0.15, 0.2) is 0 Å². The number of carboxylic acids is 1. The minimum Gasteiger partial charge on any atom is -0.489 e. The molecule has 0 saturated heterocycles. The SMILES string of the molecule is O=C(O)[C@H](Cc1ccccc1)NC1COc2ccccc2N(Cc2ccc([N+](=O)[O-])cc2)C1=O. The van der Waals surface area contributed by atoms with E-state index in [1.165, 1.54) is 17.0 Å². The number of para-hydroxylation sites is 2. The summed E-state index contributed by atoms with van der Waals surface area (Å²) < 4.78 is 5.87. The van der Waals surface area contributed by atoms with E-state index in [1.54, 1.807) is 36.4 Å². The van der Waals surface area contributed by atoms with E-state index >= 15 is 0 Å². The van der Waals surface area contributed by atoms with Gasteiger partial charge in [-0.25, -0.2) is 0 Å². The maximum atomic E-state index is 13.6. The number of nitrogens with one attached hydrogen (secondary N) is 1. The Bertz CT molecular complexity index is 1180. The summed E-state index contributed by atoms with van der Waals surface area (Å²) in [4.78, 5) is 37.5. The van der Waals surface area contributed by atoms with E-state index in [2.05, 4.69) is 5.32 Å². The van der Waals surface area contributed by atoms with Crippen LogP contribution in [0.3, 0.4) is 0 Å². The number of benzene rings is 3. The second kappa shape index (κ2) is 10.1. The van der Waals surface area contributed by atoms with Gasteiger partial charge in [0.05, 0.1) is 17.2 Å². The van der Waals surface area contributed by atoms with Crippen molar-refractivity contribution >= 4 is 23.3 Å². The third-order valence-corrected chi connectivity index (χ3v) is 5.60. The van der Waals surface area contributed by atoms with Crippen molar-refractivity contribution in [3.05, 3.63) is 100 Å². The van der Waals surface area contributed by atoms with Gasteiger partial charge in [-0.3, -0.25) is 25.0 Å². The number of anilines is 1. The van der Waals surface area contributed by atoms with E-state index in [9.17, 15) is 24.8 Å². The Balaban J connectivity index is 1.59. The zero-order valence-electron chi connectivity index (χ0n) is 18.2. The highest BCUT2D eigenvalue weighted by molar-refractivity contribution is 5.99. The van der Waals surface area contributed by atoms with E-state index in [0.717, 1.165) is 5.56 Å². The molecule has 2 atom stereocenters. The van der Waals surface area contributed by atoms with Crippen LogP contribution in [0.5, 0.6) is 5.75 Å². The Morgan fingerprint density at radius 2 is 1.74 bits per heavy atom. The smallest absolute Gasteiger partial charge is 0.321 e. The van der Waals surface area contributed by atoms with Crippen molar-refractivity contribution in [3.8, 4) is 5.75 Å². The Hall–Kier alpha value is -4.24. The number of carbonyl (C=O) groups excluding carboxylic acids is 1. The molecule has 1 amide bonds. The summed E-state index contributed by atoms with van der Waals surface area (Å²) in [7, 11) is 0. The fourth-order valence-electron chi connectivity index (χ4n) is 3.85. The third-order valence-electron chi connectivity index (χ3n) is 5.60. The van der Waals surface area contributed by atoms with Crippen molar-refractivity contribution in [2.75, 3.05) is 11.5 Å². The van der Waals surface area contributed by atoms with Gasteiger partial charge in [0, 0.05) is 12.1 Å². The van der Waals surface area contributed by atoms with Crippen molar-refractivity contribution < 1.29 is 24.4 Å². The number of carbonyl (C=O) groups is 2. The van der Waals surface area contributed by atoms with Crippen molar-refractivity contribution in [2.24, 2.45) is 0 Å². The zero-order chi connectivity index (χ0) is 24.1. The first-order chi connectivity index (χ1) is 16.4. The Labute approximate surface area is 195 Å². The van der Waals surface area contributed by atoms with Crippen molar-refractivity contribution in [2.45, 2.75) is 25.0 Å². The monoisotopic (exact) mass is 461 g/mol. The van der Waals surface area contributed by atoms with Crippen LogP contribution in [-0.4, -0.2) is 40.6 Å². The lowest BCUT2D eigenvalue weighted by atomic mass is 10.0. The number of ether oxygens (including phenoxy) is 1. The summed E-state index contributed by atoms with van der Waals surface area (Å²) in [5, 5.41) is 23.7. The lowest BCUT2D eigenvalue weighted by Crippen LogP contribution is -2.54. The van der Waals surface area contributed by atoms with Crippen LogP contribution in [0.1, 0.15) is 11.1 Å². The van der Waals surface area contributed by atoms with Gasteiger partial charge in [0.25, 0.3) is 5.69 Å². The number of nitro benzene ring substituents is 1. The maximum Gasteiger partial charge on any atom is 0.321 e. The number of nitro groups is 1. The van der Waals surface area contributed by atoms with Gasteiger partial charge >= 0.3 is 5.97 Å². The van der Waals surface area contributed by atoms with E-state index in [4.69, 9.17) is 4.74 Å². The number of non-ortho nitro benzene ring substituents is 1. The molecule has 1 heterocycles. The molecule has 0 aromatic heterocycles. The summed E-state index contributed by atoms with van der Waals surface area (Å²) in [6.07, 6.45) is 0.204. The van der Waals surface area contributed by atoms with E-state index in [1.807, 2.05) is 30.3 Å². The number of fused-ring (bicyclic) bond motifs is 1. The average molecular weight is 461 g/mol. The maximum absolute atomic E-state index is 13.6. The third kappa shape index (κ3) is 5.21. The molecule has 2 N–H and O–H groups in total. The molecule has 3 aromatic carbocycles. The van der Waals surface area contributed by atoms with Crippen LogP contribution >= 0.6 is 0 Å². The molecule has 0 bridgehead atoms.